The molecule has 7 nitrogen and oxygen atoms in total. The number of methoxy groups -OCH3 is 1. The van der Waals surface area contributed by atoms with Gasteiger partial charge in [-0.2, -0.15) is 0 Å². The molecule has 0 bridgehead atoms. The molecule has 0 radical (unpaired) electrons. The first-order chi connectivity index (χ1) is 17.6. The Bertz CT molecular complexity index is 1120. The van der Waals surface area contributed by atoms with Crippen LogP contribution in [-0.2, 0) is 17.8 Å². The lowest BCUT2D eigenvalue weighted by Gasteiger charge is -2.28. The quantitative estimate of drug-likeness (QED) is 0.366. The van der Waals surface area contributed by atoms with Gasteiger partial charge in [-0.15, -0.1) is 0 Å². The second kappa shape index (κ2) is 12.4. The lowest BCUT2D eigenvalue weighted by Crippen LogP contribution is -2.40. The molecule has 0 aliphatic carbocycles. The van der Waals surface area contributed by atoms with E-state index in [9.17, 15) is 9.90 Å². The van der Waals surface area contributed by atoms with Crippen LogP contribution in [0.4, 0.5) is 5.69 Å². The van der Waals surface area contributed by atoms with Crippen molar-refractivity contribution in [2.75, 3.05) is 38.3 Å². The summed E-state index contributed by atoms with van der Waals surface area (Å²) in [6, 6.07) is 23.5. The van der Waals surface area contributed by atoms with E-state index < -0.39 is 6.10 Å². The highest BCUT2D eigenvalue weighted by Gasteiger charge is 2.23. The van der Waals surface area contributed by atoms with Gasteiger partial charge in [0.1, 0.15) is 24.6 Å². The average Bonchev–Trinajstić information content (AvgIpc) is 3.32. The van der Waals surface area contributed by atoms with Crippen molar-refractivity contribution < 1.29 is 24.1 Å². The van der Waals surface area contributed by atoms with Gasteiger partial charge in [0.2, 0.25) is 6.41 Å². The fourth-order valence-corrected chi connectivity index (χ4v) is 4.59. The van der Waals surface area contributed by atoms with Crippen LogP contribution in [0.2, 0.25) is 0 Å². The third kappa shape index (κ3) is 6.56. The Morgan fingerprint density at radius 3 is 2.44 bits per heavy atom. The van der Waals surface area contributed by atoms with Gasteiger partial charge < -0.3 is 24.2 Å². The van der Waals surface area contributed by atoms with Crippen molar-refractivity contribution in [3.63, 3.8) is 0 Å². The maximum atomic E-state index is 11.3. The number of fused-ring (bicyclic) bond motifs is 1. The van der Waals surface area contributed by atoms with Gasteiger partial charge >= 0.3 is 0 Å². The van der Waals surface area contributed by atoms with Crippen molar-refractivity contribution in [1.29, 1.82) is 0 Å². The van der Waals surface area contributed by atoms with Crippen molar-refractivity contribution in [3.8, 4) is 17.2 Å². The normalized spacial score (nSPS) is 14.3. The third-order valence-electron chi connectivity index (χ3n) is 6.21. The molecule has 0 aromatic heterocycles. The van der Waals surface area contributed by atoms with Crippen molar-refractivity contribution in [2.24, 2.45) is 0 Å². The van der Waals surface area contributed by atoms with Gasteiger partial charge in [-0.05, 0) is 43.2 Å². The lowest BCUT2D eigenvalue weighted by atomic mass is 10.1. The maximum Gasteiger partial charge on any atom is 0.214 e. The maximum absolute atomic E-state index is 11.3. The average molecular weight is 491 g/mol. The van der Waals surface area contributed by atoms with Crippen LogP contribution in [0, 0.1) is 0 Å². The molecule has 2 unspecified atom stereocenters. The van der Waals surface area contributed by atoms with Crippen molar-refractivity contribution >= 4 is 12.1 Å². The number of aliphatic hydroxyl groups excluding tert-OH is 1. The fourth-order valence-electron chi connectivity index (χ4n) is 4.59. The molecule has 1 aliphatic rings. The summed E-state index contributed by atoms with van der Waals surface area (Å²) in [6.45, 7) is 4.52. The molecule has 0 fully saturated rings. The molecule has 3 aromatic rings. The topological polar surface area (TPSA) is 71.5 Å². The molecular formula is C29H34N2O5. The van der Waals surface area contributed by atoms with Crippen LogP contribution in [0.25, 0.3) is 0 Å². The molecule has 1 aliphatic heterocycles. The standard InChI is InChI=1S/C29H34N2O5/c1-22(36-29-13-7-6-12-28(29)34-2)17-30(18-23-9-4-3-5-10-23)19-24(33)20-35-27-14-8-11-26-25(27)15-16-31(26)21-32/h3-14,21-22,24,33H,15-20H2,1-2H3. The number of benzene rings is 3. The minimum Gasteiger partial charge on any atom is -0.493 e. The van der Waals surface area contributed by atoms with Gasteiger partial charge in [0, 0.05) is 31.7 Å². The van der Waals surface area contributed by atoms with E-state index in [4.69, 9.17) is 14.2 Å². The number of nitrogens with zero attached hydrogens (tertiary/aromatic N) is 2. The number of aliphatic hydroxyl groups is 1. The molecule has 190 valence electrons. The Morgan fingerprint density at radius 1 is 0.972 bits per heavy atom. The van der Waals surface area contributed by atoms with Crippen LogP contribution < -0.4 is 19.1 Å². The van der Waals surface area contributed by atoms with Gasteiger partial charge in [0.15, 0.2) is 11.5 Å². The van der Waals surface area contributed by atoms with E-state index in [0.29, 0.717) is 37.7 Å². The van der Waals surface area contributed by atoms with Crippen LogP contribution in [-0.4, -0.2) is 62.0 Å². The molecule has 0 saturated heterocycles. The van der Waals surface area contributed by atoms with E-state index in [-0.39, 0.29) is 12.7 Å². The predicted molar refractivity (Wildman–Crippen MR) is 140 cm³/mol. The first kappa shape index (κ1) is 25.5. The summed E-state index contributed by atoms with van der Waals surface area (Å²) in [6.07, 6.45) is 0.759. The number of anilines is 1. The number of hydrogen-bond acceptors (Lipinski definition) is 6. The van der Waals surface area contributed by atoms with E-state index in [0.717, 1.165) is 35.4 Å². The highest BCUT2D eigenvalue weighted by atomic mass is 16.5. The number of carbonyl (C=O) groups is 1. The minimum absolute atomic E-state index is 0.134. The first-order valence-corrected chi connectivity index (χ1v) is 12.3. The molecule has 7 heteroatoms. The zero-order valence-corrected chi connectivity index (χ0v) is 20.9. The van der Waals surface area contributed by atoms with E-state index in [2.05, 4.69) is 17.0 Å². The highest BCUT2D eigenvalue weighted by molar-refractivity contribution is 5.81. The van der Waals surface area contributed by atoms with E-state index in [1.807, 2.05) is 67.6 Å². The summed E-state index contributed by atoms with van der Waals surface area (Å²) in [5.74, 6) is 2.10. The monoisotopic (exact) mass is 490 g/mol. The number of para-hydroxylation sites is 2. The number of carbonyl (C=O) groups excluding carboxylic acids is 1. The Balaban J connectivity index is 1.39. The zero-order valence-electron chi connectivity index (χ0n) is 20.9. The predicted octanol–water partition coefficient (Wildman–Crippen LogP) is 3.92. The van der Waals surface area contributed by atoms with Gasteiger partial charge in [-0.25, -0.2) is 0 Å². The minimum atomic E-state index is -0.702. The Morgan fingerprint density at radius 2 is 1.69 bits per heavy atom. The van der Waals surface area contributed by atoms with E-state index in [1.54, 1.807) is 12.0 Å². The zero-order chi connectivity index (χ0) is 25.3. The number of ether oxygens (including phenoxy) is 3. The SMILES string of the molecule is COc1ccccc1OC(C)CN(Cc1ccccc1)CC(O)COc1cccc2c1CCN2C=O. The number of hydrogen-bond donors (Lipinski definition) is 1. The van der Waals surface area contributed by atoms with Crippen molar-refractivity contribution in [2.45, 2.75) is 32.1 Å². The number of rotatable bonds is 13. The second-order valence-electron chi connectivity index (χ2n) is 9.03. The smallest absolute Gasteiger partial charge is 0.214 e. The summed E-state index contributed by atoms with van der Waals surface area (Å²) in [5.41, 5.74) is 3.05. The summed E-state index contributed by atoms with van der Waals surface area (Å²) in [7, 11) is 1.63. The molecule has 1 heterocycles. The molecule has 0 spiro atoms. The first-order valence-electron chi connectivity index (χ1n) is 12.3. The molecule has 0 saturated carbocycles. The van der Waals surface area contributed by atoms with Crippen LogP contribution >= 0.6 is 0 Å². The van der Waals surface area contributed by atoms with Gasteiger partial charge in [0.05, 0.1) is 12.8 Å². The van der Waals surface area contributed by atoms with Crippen molar-refractivity contribution in [1.82, 2.24) is 4.90 Å². The van der Waals surface area contributed by atoms with E-state index >= 15 is 0 Å². The highest BCUT2D eigenvalue weighted by Crippen LogP contribution is 2.34. The van der Waals surface area contributed by atoms with Gasteiger partial charge in [-0.1, -0.05) is 48.5 Å². The summed E-state index contributed by atoms with van der Waals surface area (Å²) in [5, 5.41) is 10.9. The molecule has 1 N–H and O–H groups in total. The molecule has 3 aromatic carbocycles. The Kier molecular flexibility index (Phi) is 8.81. The van der Waals surface area contributed by atoms with Crippen LogP contribution in [0.5, 0.6) is 17.2 Å². The molecule has 4 rings (SSSR count). The molecule has 2 atom stereocenters. The Hall–Kier alpha value is -3.55. The second-order valence-corrected chi connectivity index (χ2v) is 9.03. The summed E-state index contributed by atoms with van der Waals surface area (Å²) in [4.78, 5) is 15.1. The Labute approximate surface area is 212 Å². The van der Waals surface area contributed by atoms with Crippen LogP contribution in [0.3, 0.4) is 0 Å². The van der Waals surface area contributed by atoms with Crippen LogP contribution in [0.1, 0.15) is 18.1 Å². The summed E-state index contributed by atoms with van der Waals surface area (Å²) >= 11 is 0. The third-order valence-corrected chi connectivity index (χ3v) is 6.21. The van der Waals surface area contributed by atoms with E-state index in [1.165, 1.54) is 0 Å². The van der Waals surface area contributed by atoms with Gasteiger partial charge in [0.25, 0.3) is 0 Å². The van der Waals surface area contributed by atoms with Gasteiger partial charge in [-0.3, -0.25) is 9.69 Å². The summed E-state index contributed by atoms with van der Waals surface area (Å²) < 4.78 is 17.6. The lowest BCUT2D eigenvalue weighted by molar-refractivity contribution is -0.107. The van der Waals surface area contributed by atoms with Crippen molar-refractivity contribution in [3.05, 3.63) is 83.9 Å². The molecule has 36 heavy (non-hydrogen) atoms. The van der Waals surface area contributed by atoms with Crippen LogP contribution in [0.15, 0.2) is 72.8 Å². The molecular weight excluding hydrogens is 456 g/mol. The fraction of sp³-hybridized carbons (Fsp3) is 0.345. The number of amides is 1. The largest absolute Gasteiger partial charge is 0.493 e. The molecule has 1 amide bonds.